The fourth-order valence-corrected chi connectivity index (χ4v) is 3.61. The number of rotatable bonds is 5. The van der Waals surface area contributed by atoms with Gasteiger partial charge in [-0.2, -0.15) is 0 Å². The van der Waals surface area contributed by atoms with E-state index in [2.05, 4.69) is 40.2 Å². The number of esters is 1. The molecule has 4 heteroatoms. The molecule has 1 N–H and O–H groups in total. The number of aryl methyl sites for hydroxylation is 2. The van der Waals surface area contributed by atoms with Gasteiger partial charge in [-0.1, -0.05) is 30.3 Å². The van der Waals surface area contributed by atoms with Crippen molar-refractivity contribution >= 4 is 5.97 Å². The van der Waals surface area contributed by atoms with Crippen LogP contribution >= 0.6 is 0 Å². The second-order valence-electron chi connectivity index (χ2n) is 7.06. The minimum absolute atomic E-state index is 0.0366. The van der Waals surface area contributed by atoms with Crippen LogP contribution in [0.2, 0.25) is 0 Å². The molecule has 1 saturated heterocycles. The van der Waals surface area contributed by atoms with Crippen LogP contribution in [0.4, 0.5) is 0 Å². The second kappa shape index (κ2) is 7.87. The summed E-state index contributed by atoms with van der Waals surface area (Å²) in [4.78, 5) is 18.2. The zero-order valence-corrected chi connectivity index (χ0v) is 15.5. The van der Waals surface area contributed by atoms with Gasteiger partial charge in [-0.25, -0.2) is 4.79 Å². The minimum Gasteiger partial charge on any atom is -0.459 e. The molecule has 1 aliphatic heterocycles. The molecule has 1 aromatic heterocycles. The summed E-state index contributed by atoms with van der Waals surface area (Å²) in [6.07, 6.45) is 2.95. The van der Waals surface area contributed by atoms with Gasteiger partial charge in [0.15, 0.2) is 0 Å². The topological polar surface area (TPSA) is 45.3 Å². The summed E-state index contributed by atoms with van der Waals surface area (Å²) in [7, 11) is 0. The number of carbonyl (C=O) groups excluding carboxylic acids is 1. The van der Waals surface area contributed by atoms with Crippen molar-refractivity contribution in [3.8, 4) is 0 Å². The van der Waals surface area contributed by atoms with E-state index >= 15 is 0 Å². The van der Waals surface area contributed by atoms with Crippen LogP contribution in [0.5, 0.6) is 0 Å². The SMILES string of the molecule is Cc1[nH]c(C)c(C(=O)OC2CCN(CCc3ccccc3)CC2)c1C. The van der Waals surface area contributed by atoms with Crippen LogP contribution in [0.15, 0.2) is 30.3 Å². The molecule has 0 atom stereocenters. The summed E-state index contributed by atoms with van der Waals surface area (Å²) >= 11 is 0. The van der Waals surface area contributed by atoms with Gasteiger partial charge in [0.2, 0.25) is 0 Å². The number of nitrogens with one attached hydrogen (secondary N) is 1. The molecular formula is C21H28N2O2. The number of H-pyrrole nitrogens is 1. The number of likely N-dealkylation sites (tertiary alicyclic amines) is 1. The van der Waals surface area contributed by atoms with Gasteiger partial charge in [-0.3, -0.25) is 0 Å². The summed E-state index contributed by atoms with van der Waals surface area (Å²) in [5, 5.41) is 0. The molecule has 0 aliphatic carbocycles. The third-order valence-corrected chi connectivity index (χ3v) is 5.26. The number of carbonyl (C=O) groups is 1. The van der Waals surface area contributed by atoms with E-state index in [1.165, 1.54) is 5.56 Å². The minimum atomic E-state index is -0.179. The largest absolute Gasteiger partial charge is 0.459 e. The molecule has 1 aromatic carbocycles. The van der Waals surface area contributed by atoms with Gasteiger partial charge in [-0.05, 0) is 51.2 Å². The van der Waals surface area contributed by atoms with Crippen LogP contribution in [0, 0.1) is 20.8 Å². The first-order chi connectivity index (χ1) is 12.0. The lowest BCUT2D eigenvalue weighted by Gasteiger charge is -2.31. The molecule has 0 unspecified atom stereocenters. The first-order valence-electron chi connectivity index (χ1n) is 9.17. The predicted octanol–water partition coefficient (Wildman–Crippen LogP) is 3.80. The van der Waals surface area contributed by atoms with Crippen molar-refractivity contribution in [2.24, 2.45) is 0 Å². The standard InChI is InChI=1S/C21H28N2O2/c1-15-16(2)22-17(3)20(15)21(24)25-19-10-13-23(14-11-19)12-9-18-7-5-4-6-8-18/h4-8,19,22H,9-14H2,1-3H3. The number of aromatic nitrogens is 1. The van der Waals surface area contributed by atoms with Crippen LogP contribution in [0.25, 0.3) is 0 Å². The Morgan fingerprint density at radius 1 is 1.12 bits per heavy atom. The maximum Gasteiger partial charge on any atom is 0.340 e. The molecule has 0 bridgehead atoms. The van der Waals surface area contributed by atoms with Gasteiger partial charge in [0.1, 0.15) is 6.10 Å². The number of piperidine rings is 1. The van der Waals surface area contributed by atoms with E-state index < -0.39 is 0 Å². The van der Waals surface area contributed by atoms with E-state index in [9.17, 15) is 4.79 Å². The first-order valence-corrected chi connectivity index (χ1v) is 9.17. The number of ether oxygens (including phenoxy) is 1. The van der Waals surface area contributed by atoms with E-state index in [1.54, 1.807) is 0 Å². The average Bonchev–Trinajstić information content (AvgIpc) is 2.87. The first kappa shape index (κ1) is 17.7. The highest BCUT2D eigenvalue weighted by Crippen LogP contribution is 2.21. The Morgan fingerprint density at radius 2 is 1.80 bits per heavy atom. The molecule has 4 nitrogen and oxygen atoms in total. The van der Waals surface area contributed by atoms with Crippen LogP contribution in [-0.4, -0.2) is 41.6 Å². The highest BCUT2D eigenvalue weighted by atomic mass is 16.5. The van der Waals surface area contributed by atoms with Gasteiger partial charge in [0.25, 0.3) is 0 Å². The summed E-state index contributed by atoms with van der Waals surface area (Å²) < 4.78 is 5.78. The molecule has 25 heavy (non-hydrogen) atoms. The third-order valence-electron chi connectivity index (χ3n) is 5.26. The lowest BCUT2D eigenvalue weighted by atomic mass is 10.1. The van der Waals surface area contributed by atoms with Crippen LogP contribution in [-0.2, 0) is 11.2 Å². The summed E-state index contributed by atoms with van der Waals surface area (Å²) in [6, 6.07) is 10.6. The zero-order chi connectivity index (χ0) is 17.8. The van der Waals surface area contributed by atoms with Gasteiger partial charge < -0.3 is 14.6 Å². The highest BCUT2D eigenvalue weighted by Gasteiger charge is 2.25. The monoisotopic (exact) mass is 340 g/mol. The molecule has 134 valence electrons. The van der Waals surface area contributed by atoms with Crippen molar-refractivity contribution in [1.82, 2.24) is 9.88 Å². The van der Waals surface area contributed by atoms with Gasteiger partial charge in [-0.15, -0.1) is 0 Å². The van der Waals surface area contributed by atoms with Crippen molar-refractivity contribution in [2.45, 2.75) is 46.1 Å². The van der Waals surface area contributed by atoms with Gasteiger partial charge in [0, 0.05) is 31.0 Å². The van der Waals surface area contributed by atoms with Gasteiger partial charge >= 0.3 is 5.97 Å². The van der Waals surface area contributed by atoms with E-state index in [0.717, 1.165) is 55.8 Å². The Bertz CT molecular complexity index is 713. The summed E-state index contributed by atoms with van der Waals surface area (Å²) in [6.45, 7) is 8.96. The van der Waals surface area contributed by atoms with Gasteiger partial charge in [0.05, 0.1) is 5.56 Å². The van der Waals surface area contributed by atoms with Crippen molar-refractivity contribution in [3.63, 3.8) is 0 Å². The normalized spacial score (nSPS) is 16.1. The average molecular weight is 340 g/mol. The quantitative estimate of drug-likeness (QED) is 0.842. The van der Waals surface area contributed by atoms with Crippen molar-refractivity contribution in [1.29, 1.82) is 0 Å². The third kappa shape index (κ3) is 4.31. The van der Waals surface area contributed by atoms with Crippen LogP contribution in [0.1, 0.15) is 45.7 Å². The molecule has 3 rings (SSSR count). The van der Waals surface area contributed by atoms with Crippen LogP contribution < -0.4 is 0 Å². The fourth-order valence-electron chi connectivity index (χ4n) is 3.61. The number of nitrogens with zero attached hydrogens (tertiary/aromatic N) is 1. The number of aromatic amines is 1. The second-order valence-corrected chi connectivity index (χ2v) is 7.06. The van der Waals surface area contributed by atoms with Crippen LogP contribution in [0.3, 0.4) is 0 Å². The molecule has 1 aliphatic rings. The Balaban J connectivity index is 1.47. The Hall–Kier alpha value is -2.07. The lowest BCUT2D eigenvalue weighted by Crippen LogP contribution is -2.38. The maximum atomic E-state index is 12.5. The smallest absolute Gasteiger partial charge is 0.340 e. The zero-order valence-electron chi connectivity index (χ0n) is 15.5. The number of hydrogen-bond acceptors (Lipinski definition) is 3. The van der Waals surface area contributed by atoms with E-state index in [1.807, 2.05) is 20.8 Å². The molecule has 0 spiro atoms. The molecule has 0 amide bonds. The fraction of sp³-hybridized carbons (Fsp3) is 0.476. The van der Waals surface area contributed by atoms with E-state index in [4.69, 9.17) is 4.74 Å². The van der Waals surface area contributed by atoms with E-state index in [-0.39, 0.29) is 12.1 Å². The molecular weight excluding hydrogens is 312 g/mol. The predicted molar refractivity (Wildman–Crippen MR) is 100 cm³/mol. The molecule has 0 saturated carbocycles. The molecule has 0 radical (unpaired) electrons. The lowest BCUT2D eigenvalue weighted by molar-refractivity contribution is 0.0114. The van der Waals surface area contributed by atoms with Crippen molar-refractivity contribution < 1.29 is 9.53 Å². The molecule has 1 fully saturated rings. The number of hydrogen-bond donors (Lipinski definition) is 1. The summed E-state index contributed by atoms with van der Waals surface area (Å²) in [5.74, 6) is -0.179. The van der Waals surface area contributed by atoms with E-state index in [0.29, 0.717) is 5.56 Å². The Kier molecular flexibility index (Phi) is 5.59. The number of benzene rings is 1. The Labute approximate surface area is 150 Å². The molecule has 2 heterocycles. The highest BCUT2D eigenvalue weighted by molar-refractivity contribution is 5.92. The Morgan fingerprint density at radius 3 is 2.40 bits per heavy atom. The van der Waals surface area contributed by atoms with Crippen molar-refractivity contribution in [2.75, 3.05) is 19.6 Å². The molecule has 2 aromatic rings. The maximum absolute atomic E-state index is 12.5. The van der Waals surface area contributed by atoms with Crippen molar-refractivity contribution in [3.05, 3.63) is 58.4 Å². The summed E-state index contributed by atoms with van der Waals surface area (Å²) in [5.41, 5.74) is 5.04.